The van der Waals surface area contributed by atoms with Gasteiger partial charge in [-0.1, -0.05) is 17.8 Å². The van der Waals surface area contributed by atoms with E-state index in [4.69, 9.17) is 9.47 Å². The number of aromatic nitrogens is 3. The standard InChI is InChI=1S/C19H23N3O3S/c1-5-10-22-18(13-6-7-13)20-21-19(22)26-12(2)17(23)14-8-9-15(24-3)16(11-14)25-4/h5,8-9,11-13H,1,6-7,10H2,2-4H3/t12-/m0/s1. The summed E-state index contributed by atoms with van der Waals surface area (Å²) in [7, 11) is 3.13. The lowest BCUT2D eigenvalue weighted by molar-refractivity contribution is 0.0993. The predicted molar refractivity (Wildman–Crippen MR) is 101 cm³/mol. The van der Waals surface area contributed by atoms with Crippen molar-refractivity contribution >= 4 is 17.5 Å². The number of nitrogens with zero attached hydrogens (tertiary/aromatic N) is 3. The Balaban J connectivity index is 1.78. The van der Waals surface area contributed by atoms with E-state index in [1.54, 1.807) is 32.4 Å². The highest BCUT2D eigenvalue weighted by molar-refractivity contribution is 8.00. The van der Waals surface area contributed by atoms with Gasteiger partial charge < -0.3 is 14.0 Å². The number of carbonyl (C=O) groups is 1. The molecule has 0 amide bonds. The van der Waals surface area contributed by atoms with E-state index in [1.165, 1.54) is 11.8 Å². The van der Waals surface area contributed by atoms with Gasteiger partial charge in [0.2, 0.25) is 0 Å². The molecule has 1 aromatic heterocycles. The van der Waals surface area contributed by atoms with Crippen LogP contribution in [0.15, 0.2) is 36.0 Å². The molecule has 26 heavy (non-hydrogen) atoms. The number of thioether (sulfide) groups is 1. The molecule has 0 bridgehead atoms. The monoisotopic (exact) mass is 373 g/mol. The molecule has 3 rings (SSSR count). The van der Waals surface area contributed by atoms with Gasteiger partial charge in [0.25, 0.3) is 0 Å². The molecule has 0 unspecified atom stereocenters. The minimum atomic E-state index is -0.298. The number of hydrogen-bond donors (Lipinski definition) is 0. The number of Topliss-reactive ketones (excluding diaryl/α,β-unsaturated/α-hetero) is 1. The van der Waals surface area contributed by atoms with Gasteiger partial charge in [-0.2, -0.15) is 0 Å². The lowest BCUT2D eigenvalue weighted by Crippen LogP contribution is -2.15. The van der Waals surface area contributed by atoms with E-state index < -0.39 is 0 Å². The highest BCUT2D eigenvalue weighted by Crippen LogP contribution is 2.40. The maximum Gasteiger partial charge on any atom is 0.192 e. The van der Waals surface area contributed by atoms with Gasteiger partial charge in [0.05, 0.1) is 19.5 Å². The maximum absolute atomic E-state index is 12.8. The van der Waals surface area contributed by atoms with Crippen LogP contribution in [0.5, 0.6) is 11.5 Å². The van der Waals surface area contributed by atoms with Crippen LogP contribution in [0.2, 0.25) is 0 Å². The fourth-order valence-corrected chi connectivity index (χ4v) is 3.71. The Morgan fingerprint density at radius 2 is 2.08 bits per heavy atom. The van der Waals surface area contributed by atoms with E-state index in [0.29, 0.717) is 29.5 Å². The molecule has 1 atom stereocenters. The number of rotatable bonds is 9. The molecule has 0 aliphatic heterocycles. The lowest BCUT2D eigenvalue weighted by atomic mass is 10.1. The first-order valence-corrected chi connectivity index (χ1v) is 9.43. The summed E-state index contributed by atoms with van der Waals surface area (Å²) in [6, 6.07) is 5.21. The molecular weight excluding hydrogens is 350 g/mol. The van der Waals surface area contributed by atoms with E-state index in [1.807, 2.05) is 13.0 Å². The molecule has 138 valence electrons. The average molecular weight is 373 g/mol. The molecule has 6 nitrogen and oxygen atoms in total. The second-order valence-corrected chi connectivity index (χ2v) is 7.52. The highest BCUT2D eigenvalue weighted by atomic mass is 32.2. The first-order chi connectivity index (χ1) is 12.6. The average Bonchev–Trinajstić information content (AvgIpc) is 3.44. The molecule has 1 aliphatic rings. The Kier molecular flexibility index (Phi) is 5.66. The Morgan fingerprint density at radius 1 is 1.35 bits per heavy atom. The van der Waals surface area contributed by atoms with Crippen molar-refractivity contribution in [2.45, 2.75) is 42.6 Å². The first-order valence-electron chi connectivity index (χ1n) is 8.56. The van der Waals surface area contributed by atoms with Crippen molar-refractivity contribution in [3.05, 3.63) is 42.2 Å². The fourth-order valence-electron chi connectivity index (χ4n) is 2.77. The Morgan fingerprint density at radius 3 is 2.69 bits per heavy atom. The van der Waals surface area contributed by atoms with Gasteiger partial charge in [-0.3, -0.25) is 4.79 Å². The summed E-state index contributed by atoms with van der Waals surface area (Å²) in [6.07, 6.45) is 4.14. The van der Waals surface area contributed by atoms with Crippen molar-refractivity contribution in [2.24, 2.45) is 0 Å². The molecule has 1 heterocycles. The first kappa shape index (κ1) is 18.5. The normalized spacial score (nSPS) is 14.7. The summed E-state index contributed by atoms with van der Waals surface area (Å²) in [6.45, 7) is 6.35. The van der Waals surface area contributed by atoms with Gasteiger partial charge in [-0.25, -0.2) is 0 Å². The molecule has 0 N–H and O–H groups in total. The summed E-state index contributed by atoms with van der Waals surface area (Å²) in [5.41, 5.74) is 0.583. The maximum atomic E-state index is 12.8. The third kappa shape index (κ3) is 3.77. The molecule has 1 saturated carbocycles. The zero-order valence-corrected chi connectivity index (χ0v) is 16.1. The minimum absolute atomic E-state index is 0.0112. The lowest BCUT2D eigenvalue weighted by Gasteiger charge is -2.13. The SMILES string of the molecule is C=CCn1c(S[C@@H](C)C(=O)c2ccc(OC)c(OC)c2)nnc1C1CC1. The van der Waals surface area contributed by atoms with Gasteiger partial charge in [-0.15, -0.1) is 16.8 Å². The van der Waals surface area contributed by atoms with E-state index in [9.17, 15) is 4.79 Å². The molecule has 0 radical (unpaired) electrons. The summed E-state index contributed by atoms with van der Waals surface area (Å²) in [4.78, 5) is 12.8. The molecule has 7 heteroatoms. The summed E-state index contributed by atoms with van der Waals surface area (Å²) < 4.78 is 12.6. The number of ketones is 1. The zero-order valence-electron chi connectivity index (χ0n) is 15.3. The van der Waals surface area contributed by atoms with Gasteiger partial charge in [0.1, 0.15) is 5.82 Å². The molecule has 1 fully saturated rings. The van der Waals surface area contributed by atoms with Crippen molar-refractivity contribution in [1.29, 1.82) is 0 Å². The quantitative estimate of drug-likeness (QED) is 0.379. The third-order valence-electron chi connectivity index (χ3n) is 4.32. The van der Waals surface area contributed by atoms with E-state index >= 15 is 0 Å². The van der Waals surface area contributed by atoms with Crippen LogP contribution in [0.4, 0.5) is 0 Å². The van der Waals surface area contributed by atoms with Crippen LogP contribution >= 0.6 is 11.8 Å². The minimum Gasteiger partial charge on any atom is -0.493 e. The van der Waals surface area contributed by atoms with Crippen LogP contribution in [0.3, 0.4) is 0 Å². The Labute approximate surface area is 157 Å². The predicted octanol–water partition coefficient (Wildman–Crippen LogP) is 3.72. The van der Waals surface area contributed by atoms with Crippen LogP contribution in [0, 0.1) is 0 Å². The second kappa shape index (κ2) is 7.95. The van der Waals surface area contributed by atoms with Crippen LogP contribution in [-0.4, -0.2) is 40.0 Å². The number of hydrogen-bond acceptors (Lipinski definition) is 6. The summed E-state index contributed by atoms with van der Waals surface area (Å²) in [5.74, 6) is 2.65. The van der Waals surface area contributed by atoms with Crippen molar-refractivity contribution in [3.63, 3.8) is 0 Å². The molecule has 0 spiro atoms. The molecule has 1 aromatic carbocycles. The Hall–Kier alpha value is -2.28. The van der Waals surface area contributed by atoms with Gasteiger partial charge in [0.15, 0.2) is 22.4 Å². The highest BCUT2D eigenvalue weighted by Gasteiger charge is 2.31. The van der Waals surface area contributed by atoms with E-state index in [0.717, 1.165) is 23.8 Å². The molecule has 2 aromatic rings. The fraction of sp³-hybridized carbons (Fsp3) is 0.421. The summed E-state index contributed by atoms with van der Waals surface area (Å²) in [5, 5.41) is 9.09. The van der Waals surface area contributed by atoms with Crippen LogP contribution in [-0.2, 0) is 6.54 Å². The molecule has 0 saturated heterocycles. The van der Waals surface area contributed by atoms with Gasteiger partial charge >= 0.3 is 0 Å². The largest absolute Gasteiger partial charge is 0.493 e. The number of methoxy groups -OCH3 is 2. The van der Waals surface area contributed by atoms with Crippen molar-refractivity contribution in [1.82, 2.24) is 14.8 Å². The van der Waals surface area contributed by atoms with Crippen LogP contribution < -0.4 is 9.47 Å². The zero-order chi connectivity index (χ0) is 18.7. The van der Waals surface area contributed by atoms with E-state index in [-0.39, 0.29) is 11.0 Å². The van der Waals surface area contributed by atoms with Crippen molar-refractivity contribution in [3.8, 4) is 11.5 Å². The third-order valence-corrected chi connectivity index (χ3v) is 5.40. The summed E-state index contributed by atoms with van der Waals surface area (Å²) >= 11 is 1.42. The molecular formula is C19H23N3O3S. The van der Waals surface area contributed by atoms with Crippen molar-refractivity contribution < 1.29 is 14.3 Å². The second-order valence-electron chi connectivity index (χ2n) is 6.21. The van der Waals surface area contributed by atoms with Gasteiger partial charge in [0, 0.05) is 18.0 Å². The number of allylic oxidation sites excluding steroid dienone is 1. The Bertz CT molecular complexity index is 814. The van der Waals surface area contributed by atoms with Crippen molar-refractivity contribution in [2.75, 3.05) is 14.2 Å². The van der Waals surface area contributed by atoms with E-state index in [2.05, 4.69) is 21.3 Å². The molecule has 1 aliphatic carbocycles. The number of ether oxygens (including phenoxy) is 2. The topological polar surface area (TPSA) is 66.2 Å². The number of carbonyl (C=O) groups excluding carboxylic acids is 1. The smallest absolute Gasteiger partial charge is 0.192 e. The van der Waals surface area contributed by atoms with Crippen LogP contribution in [0.1, 0.15) is 41.9 Å². The van der Waals surface area contributed by atoms with Gasteiger partial charge in [-0.05, 0) is 38.0 Å². The number of benzene rings is 1. The van der Waals surface area contributed by atoms with Crippen LogP contribution in [0.25, 0.3) is 0 Å².